The molecule has 0 aromatic heterocycles. The van der Waals surface area contributed by atoms with Crippen LogP contribution in [-0.2, 0) is 4.79 Å². The fourth-order valence-corrected chi connectivity index (χ4v) is 3.41. The first-order valence-electron chi connectivity index (χ1n) is 8.68. The average molecular weight is 396 g/mol. The molecule has 0 radical (unpaired) electrons. The van der Waals surface area contributed by atoms with E-state index in [-0.39, 0.29) is 11.6 Å². The molecule has 0 aliphatic carbocycles. The summed E-state index contributed by atoms with van der Waals surface area (Å²) in [6.07, 6.45) is 0. The number of nitrogens with zero attached hydrogens (tertiary/aromatic N) is 1. The SMILES string of the molecule is CC1=C(C(=O)Nc2cccc(C)c2C)C(c2cccc([N+](=O)[O-])c2)NC(=S)N1. The molecule has 1 unspecified atom stereocenters. The Morgan fingerprint density at radius 2 is 1.89 bits per heavy atom. The van der Waals surface area contributed by atoms with E-state index in [0.717, 1.165) is 16.8 Å². The summed E-state index contributed by atoms with van der Waals surface area (Å²) in [5, 5.41) is 20.5. The summed E-state index contributed by atoms with van der Waals surface area (Å²) in [4.78, 5) is 23.8. The molecule has 28 heavy (non-hydrogen) atoms. The van der Waals surface area contributed by atoms with Crippen LogP contribution in [-0.4, -0.2) is 15.9 Å². The van der Waals surface area contributed by atoms with Gasteiger partial charge in [-0.1, -0.05) is 24.3 Å². The maximum atomic E-state index is 13.1. The quantitative estimate of drug-likeness (QED) is 0.415. The fraction of sp³-hybridized carbons (Fsp3) is 0.200. The molecule has 1 aliphatic heterocycles. The molecule has 0 fully saturated rings. The van der Waals surface area contributed by atoms with Crippen LogP contribution in [0.25, 0.3) is 0 Å². The van der Waals surface area contributed by atoms with E-state index in [4.69, 9.17) is 12.2 Å². The van der Waals surface area contributed by atoms with Gasteiger partial charge >= 0.3 is 0 Å². The van der Waals surface area contributed by atoms with Crippen LogP contribution in [0.4, 0.5) is 11.4 Å². The lowest BCUT2D eigenvalue weighted by molar-refractivity contribution is -0.384. The summed E-state index contributed by atoms with van der Waals surface area (Å²) in [5.74, 6) is -0.301. The van der Waals surface area contributed by atoms with Gasteiger partial charge in [0, 0.05) is 23.5 Å². The first-order valence-corrected chi connectivity index (χ1v) is 9.09. The van der Waals surface area contributed by atoms with Crippen LogP contribution in [0.5, 0.6) is 0 Å². The number of anilines is 1. The predicted octanol–water partition coefficient (Wildman–Crippen LogP) is 3.64. The maximum absolute atomic E-state index is 13.1. The third-order valence-electron chi connectivity index (χ3n) is 4.78. The number of nitro benzene ring substituents is 1. The minimum atomic E-state index is -0.598. The molecule has 3 N–H and O–H groups in total. The summed E-state index contributed by atoms with van der Waals surface area (Å²) >= 11 is 5.23. The van der Waals surface area contributed by atoms with Crippen molar-refractivity contribution in [3.05, 3.63) is 80.5 Å². The van der Waals surface area contributed by atoms with Crippen molar-refractivity contribution in [2.75, 3.05) is 5.32 Å². The summed E-state index contributed by atoms with van der Waals surface area (Å²) in [6, 6.07) is 11.3. The first kappa shape index (κ1) is 19.5. The van der Waals surface area contributed by atoms with E-state index in [1.165, 1.54) is 12.1 Å². The van der Waals surface area contributed by atoms with Crippen molar-refractivity contribution in [1.29, 1.82) is 0 Å². The van der Waals surface area contributed by atoms with Crippen LogP contribution >= 0.6 is 12.2 Å². The lowest BCUT2D eigenvalue weighted by Gasteiger charge is -2.30. The smallest absolute Gasteiger partial charge is 0.269 e. The van der Waals surface area contributed by atoms with Gasteiger partial charge in [-0.15, -0.1) is 0 Å². The number of carbonyl (C=O) groups is 1. The number of aryl methyl sites for hydroxylation is 1. The van der Waals surface area contributed by atoms with Crippen LogP contribution in [0, 0.1) is 24.0 Å². The van der Waals surface area contributed by atoms with Gasteiger partial charge in [-0.25, -0.2) is 0 Å². The second kappa shape index (κ2) is 7.77. The fourth-order valence-electron chi connectivity index (χ4n) is 3.14. The molecule has 3 rings (SSSR count). The van der Waals surface area contributed by atoms with E-state index in [1.54, 1.807) is 19.1 Å². The average Bonchev–Trinajstić information content (AvgIpc) is 2.64. The first-order chi connectivity index (χ1) is 13.3. The lowest BCUT2D eigenvalue weighted by atomic mass is 9.94. The summed E-state index contributed by atoms with van der Waals surface area (Å²) < 4.78 is 0. The van der Waals surface area contributed by atoms with Gasteiger partial charge in [0.15, 0.2) is 5.11 Å². The number of hydrogen-bond donors (Lipinski definition) is 3. The molecule has 0 bridgehead atoms. The van der Waals surface area contributed by atoms with E-state index >= 15 is 0 Å². The second-order valence-electron chi connectivity index (χ2n) is 6.62. The van der Waals surface area contributed by atoms with Crippen LogP contribution in [0.3, 0.4) is 0 Å². The zero-order valence-electron chi connectivity index (χ0n) is 15.7. The van der Waals surface area contributed by atoms with E-state index < -0.39 is 11.0 Å². The van der Waals surface area contributed by atoms with Gasteiger partial charge in [-0.05, 0) is 55.7 Å². The van der Waals surface area contributed by atoms with Crippen molar-refractivity contribution in [3.8, 4) is 0 Å². The Balaban J connectivity index is 2.00. The summed E-state index contributed by atoms with van der Waals surface area (Å²) in [6.45, 7) is 5.68. The zero-order chi connectivity index (χ0) is 20.4. The molecule has 1 atom stereocenters. The summed E-state index contributed by atoms with van der Waals surface area (Å²) in [7, 11) is 0. The largest absolute Gasteiger partial charge is 0.351 e. The zero-order valence-corrected chi connectivity index (χ0v) is 16.5. The Kier molecular flexibility index (Phi) is 5.41. The Bertz CT molecular complexity index is 1020. The molecule has 7 nitrogen and oxygen atoms in total. The van der Waals surface area contributed by atoms with Crippen LogP contribution in [0.15, 0.2) is 53.7 Å². The highest BCUT2D eigenvalue weighted by molar-refractivity contribution is 7.80. The number of carbonyl (C=O) groups excluding carboxylic acids is 1. The van der Waals surface area contributed by atoms with Crippen molar-refractivity contribution in [2.45, 2.75) is 26.8 Å². The lowest BCUT2D eigenvalue weighted by Crippen LogP contribution is -2.45. The van der Waals surface area contributed by atoms with Gasteiger partial charge in [0.05, 0.1) is 16.5 Å². The maximum Gasteiger partial charge on any atom is 0.269 e. The minimum absolute atomic E-state index is 0.0457. The third-order valence-corrected chi connectivity index (χ3v) is 5.00. The topological polar surface area (TPSA) is 96.3 Å². The van der Waals surface area contributed by atoms with Crippen LogP contribution in [0.2, 0.25) is 0 Å². The van der Waals surface area contributed by atoms with E-state index in [1.807, 2.05) is 32.0 Å². The van der Waals surface area contributed by atoms with Gasteiger partial charge in [-0.2, -0.15) is 0 Å². The standard InChI is InChI=1S/C20H20N4O3S/c1-11-6-4-9-16(12(11)2)22-19(25)17-13(3)21-20(28)23-18(17)14-7-5-8-15(10-14)24(26)27/h4-10,18H,1-3H3,(H,22,25)(H2,21,23,28). The molecule has 1 aliphatic rings. The molecule has 2 aromatic rings. The Hall–Kier alpha value is -3.26. The van der Waals surface area contributed by atoms with Crippen LogP contribution in [0.1, 0.15) is 29.7 Å². The van der Waals surface area contributed by atoms with E-state index in [2.05, 4.69) is 16.0 Å². The Labute approximate surface area is 168 Å². The van der Waals surface area contributed by atoms with Crippen molar-refractivity contribution >= 4 is 34.6 Å². The predicted molar refractivity (Wildman–Crippen MR) is 112 cm³/mol. The highest BCUT2D eigenvalue weighted by atomic mass is 32.1. The van der Waals surface area contributed by atoms with Crippen molar-refractivity contribution in [2.24, 2.45) is 0 Å². The summed E-state index contributed by atoms with van der Waals surface area (Å²) in [5.41, 5.74) is 4.33. The molecule has 2 aromatic carbocycles. The molecular weight excluding hydrogens is 376 g/mol. The van der Waals surface area contributed by atoms with Gasteiger partial charge in [0.2, 0.25) is 0 Å². The number of non-ortho nitro benzene ring substituents is 1. The number of hydrogen-bond acceptors (Lipinski definition) is 4. The van der Waals surface area contributed by atoms with E-state index in [9.17, 15) is 14.9 Å². The minimum Gasteiger partial charge on any atom is -0.351 e. The van der Waals surface area contributed by atoms with Gasteiger partial charge in [-0.3, -0.25) is 14.9 Å². The van der Waals surface area contributed by atoms with Crippen molar-refractivity contribution in [1.82, 2.24) is 10.6 Å². The number of amides is 1. The molecule has 0 spiro atoms. The van der Waals surface area contributed by atoms with Crippen molar-refractivity contribution in [3.63, 3.8) is 0 Å². The molecule has 1 heterocycles. The molecular formula is C20H20N4O3S. The number of rotatable bonds is 4. The number of nitrogens with one attached hydrogen (secondary N) is 3. The monoisotopic (exact) mass is 396 g/mol. The molecule has 0 saturated carbocycles. The molecule has 1 amide bonds. The molecule has 144 valence electrons. The molecule has 0 saturated heterocycles. The third kappa shape index (κ3) is 3.86. The van der Waals surface area contributed by atoms with E-state index in [0.29, 0.717) is 21.9 Å². The van der Waals surface area contributed by atoms with Gasteiger partial charge in [0.1, 0.15) is 0 Å². The second-order valence-corrected chi connectivity index (χ2v) is 7.03. The number of nitro groups is 1. The highest BCUT2D eigenvalue weighted by Gasteiger charge is 2.31. The van der Waals surface area contributed by atoms with Crippen LogP contribution < -0.4 is 16.0 Å². The Morgan fingerprint density at radius 1 is 1.18 bits per heavy atom. The molecule has 8 heteroatoms. The highest BCUT2D eigenvalue weighted by Crippen LogP contribution is 2.30. The normalized spacial score (nSPS) is 16.2. The van der Waals surface area contributed by atoms with Crippen molar-refractivity contribution < 1.29 is 9.72 Å². The number of benzene rings is 2. The number of allylic oxidation sites excluding steroid dienone is 1. The van der Waals surface area contributed by atoms with Gasteiger partial charge in [0.25, 0.3) is 11.6 Å². The number of thiocarbonyl (C=S) groups is 1. The van der Waals surface area contributed by atoms with Gasteiger partial charge < -0.3 is 16.0 Å². The Morgan fingerprint density at radius 3 is 2.61 bits per heavy atom.